The maximum atomic E-state index is 15.0. The Balaban J connectivity index is 1.45. The number of carbonyl (C=O) groups is 1. The molecule has 2 atom stereocenters. The molecule has 200 valence electrons. The third-order valence-corrected chi connectivity index (χ3v) is 7.71. The van der Waals surface area contributed by atoms with E-state index in [4.69, 9.17) is 9.47 Å². The molecule has 2 aliphatic rings. The molecule has 1 aromatic heterocycles. The van der Waals surface area contributed by atoms with Crippen LogP contribution in [-0.4, -0.2) is 41.2 Å². The van der Waals surface area contributed by atoms with E-state index in [2.05, 4.69) is 22.0 Å². The van der Waals surface area contributed by atoms with Gasteiger partial charge in [0.05, 0.1) is 19.2 Å². The number of benzene rings is 2. The summed E-state index contributed by atoms with van der Waals surface area (Å²) in [7, 11) is 1.54. The van der Waals surface area contributed by atoms with E-state index in [9.17, 15) is 14.3 Å². The van der Waals surface area contributed by atoms with Gasteiger partial charge in [-0.05, 0) is 79.1 Å². The molecule has 5 rings (SSSR count). The van der Waals surface area contributed by atoms with E-state index in [1.54, 1.807) is 13.0 Å². The predicted molar refractivity (Wildman–Crippen MR) is 144 cm³/mol. The number of carboxylic acid groups (broad SMARTS) is 1. The van der Waals surface area contributed by atoms with Gasteiger partial charge in [-0.25, -0.2) is 9.37 Å². The van der Waals surface area contributed by atoms with E-state index in [-0.39, 0.29) is 11.9 Å². The standard InChI is InChI=1S/C31H35FN2O4/c1-20(31(35)36)14-21-6-7-22-9-11-28(38-29(22)15-21)23-8-10-25(26-17-30(37-2)33-18-27(26)32)24(16-23)19-34-12-4-3-5-13-34/h6-8,10,15-18,20,28H,3-5,9,11-14,19H2,1-2H3,(H,35,36)/t20-,28?/m0/s1. The van der Waals surface area contributed by atoms with Crippen molar-refractivity contribution in [3.8, 4) is 22.8 Å². The summed E-state index contributed by atoms with van der Waals surface area (Å²) in [5.74, 6) is -0.419. The molecule has 3 aromatic rings. The molecule has 1 fully saturated rings. The molecule has 38 heavy (non-hydrogen) atoms. The van der Waals surface area contributed by atoms with Crippen molar-refractivity contribution in [2.24, 2.45) is 5.92 Å². The van der Waals surface area contributed by atoms with Gasteiger partial charge in [0.1, 0.15) is 17.7 Å². The number of hydrogen-bond acceptors (Lipinski definition) is 5. The number of piperidine rings is 1. The number of carboxylic acids is 1. The molecule has 2 aromatic carbocycles. The molecule has 6 nitrogen and oxygen atoms in total. The second-order valence-corrected chi connectivity index (χ2v) is 10.5. The van der Waals surface area contributed by atoms with Crippen LogP contribution in [0.25, 0.3) is 11.1 Å². The van der Waals surface area contributed by atoms with Crippen LogP contribution in [0.2, 0.25) is 0 Å². The molecule has 1 unspecified atom stereocenters. The summed E-state index contributed by atoms with van der Waals surface area (Å²) >= 11 is 0. The molecule has 3 heterocycles. The first kappa shape index (κ1) is 26.2. The van der Waals surface area contributed by atoms with Gasteiger partial charge in [0.15, 0.2) is 0 Å². The summed E-state index contributed by atoms with van der Waals surface area (Å²) < 4.78 is 26.7. The van der Waals surface area contributed by atoms with Gasteiger partial charge in [-0.2, -0.15) is 0 Å². The minimum Gasteiger partial charge on any atom is -0.485 e. The van der Waals surface area contributed by atoms with Gasteiger partial charge in [0.2, 0.25) is 5.88 Å². The van der Waals surface area contributed by atoms with Crippen LogP contribution in [0.15, 0.2) is 48.7 Å². The van der Waals surface area contributed by atoms with Gasteiger partial charge in [-0.15, -0.1) is 0 Å². The zero-order valence-corrected chi connectivity index (χ0v) is 22.1. The monoisotopic (exact) mass is 518 g/mol. The summed E-state index contributed by atoms with van der Waals surface area (Å²) in [6.07, 6.45) is 6.90. The molecule has 1 N–H and O–H groups in total. The second kappa shape index (κ2) is 11.5. The van der Waals surface area contributed by atoms with Crippen molar-refractivity contribution in [2.45, 2.75) is 58.1 Å². The van der Waals surface area contributed by atoms with Crippen LogP contribution in [0.4, 0.5) is 4.39 Å². The van der Waals surface area contributed by atoms with E-state index >= 15 is 0 Å². The van der Waals surface area contributed by atoms with E-state index in [0.29, 0.717) is 17.9 Å². The molecule has 0 radical (unpaired) electrons. The average molecular weight is 519 g/mol. The van der Waals surface area contributed by atoms with Crippen molar-refractivity contribution in [1.82, 2.24) is 9.88 Å². The first-order valence-corrected chi connectivity index (χ1v) is 13.5. The summed E-state index contributed by atoms with van der Waals surface area (Å²) in [5.41, 5.74) is 5.57. The summed E-state index contributed by atoms with van der Waals surface area (Å²) in [6, 6.07) is 13.9. The zero-order chi connectivity index (χ0) is 26.6. The van der Waals surface area contributed by atoms with Gasteiger partial charge in [0.25, 0.3) is 0 Å². The van der Waals surface area contributed by atoms with E-state index < -0.39 is 11.9 Å². The molecular formula is C31H35FN2O4. The Morgan fingerprint density at radius 2 is 1.97 bits per heavy atom. The quantitative estimate of drug-likeness (QED) is 0.382. The number of pyridine rings is 1. The number of halogens is 1. The second-order valence-electron chi connectivity index (χ2n) is 10.5. The Bertz CT molecular complexity index is 1310. The van der Waals surface area contributed by atoms with Gasteiger partial charge >= 0.3 is 5.97 Å². The van der Waals surface area contributed by atoms with Crippen molar-refractivity contribution in [2.75, 3.05) is 20.2 Å². The van der Waals surface area contributed by atoms with Crippen LogP contribution >= 0.6 is 0 Å². The Morgan fingerprint density at radius 3 is 2.74 bits per heavy atom. The molecule has 0 amide bonds. The average Bonchev–Trinajstić information content (AvgIpc) is 2.93. The summed E-state index contributed by atoms with van der Waals surface area (Å²) in [4.78, 5) is 17.8. The SMILES string of the molecule is COc1cc(-c2ccc(C3CCc4ccc(C[C@H](C)C(=O)O)cc4O3)cc2CN2CCCCC2)c(F)cn1. The molecule has 2 aliphatic heterocycles. The third-order valence-electron chi connectivity index (χ3n) is 7.71. The molecule has 0 bridgehead atoms. The number of rotatable bonds is 8. The summed E-state index contributed by atoms with van der Waals surface area (Å²) in [5, 5.41) is 9.30. The van der Waals surface area contributed by atoms with Gasteiger partial charge < -0.3 is 14.6 Å². The van der Waals surface area contributed by atoms with E-state index in [0.717, 1.165) is 66.0 Å². The molecule has 0 spiro atoms. The number of likely N-dealkylation sites (tertiary alicyclic amines) is 1. The van der Waals surface area contributed by atoms with Crippen LogP contribution in [0.3, 0.4) is 0 Å². The fourth-order valence-electron chi connectivity index (χ4n) is 5.52. The number of hydrogen-bond donors (Lipinski definition) is 1. The Morgan fingerprint density at radius 1 is 1.16 bits per heavy atom. The topological polar surface area (TPSA) is 71.9 Å². The Hall–Kier alpha value is -3.45. The number of fused-ring (bicyclic) bond motifs is 1. The van der Waals surface area contributed by atoms with Crippen LogP contribution < -0.4 is 9.47 Å². The fraction of sp³-hybridized carbons (Fsp3) is 0.419. The number of nitrogens with zero attached hydrogens (tertiary/aromatic N) is 2. The largest absolute Gasteiger partial charge is 0.485 e. The molecule has 1 saturated heterocycles. The lowest BCUT2D eigenvalue weighted by Crippen LogP contribution is -2.29. The highest BCUT2D eigenvalue weighted by atomic mass is 19.1. The lowest BCUT2D eigenvalue weighted by atomic mass is 9.91. The molecule has 0 saturated carbocycles. The van der Waals surface area contributed by atoms with E-state index in [1.165, 1.54) is 32.6 Å². The van der Waals surface area contributed by atoms with Crippen molar-refractivity contribution >= 4 is 5.97 Å². The number of aryl methyl sites for hydroxylation is 1. The van der Waals surface area contributed by atoms with E-state index in [1.807, 2.05) is 24.3 Å². The normalized spacial score (nSPS) is 18.3. The van der Waals surface area contributed by atoms with Gasteiger partial charge in [-0.1, -0.05) is 43.7 Å². The maximum Gasteiger partial charge on any atom is 0.306 e. The minimum atomic E-state index is -0.800. The first-order chi connectivity index (χ1) is 18.4. The van der Waals surface area contributed by atoms with Crippen molar-refractivity contribution in [3.05, 3.63) is 76.7 Å². The van der Waals surface area contributed by atoms with Crippen LogP contribution in [0.5, 0.6) is 11.6 Å². The van der Waals surface area contributed by atoms with Gasteiger partial charge in [0, 0.05) is 18.2 Å². The fourth-order valence-corrected chi connectivity index (χ4v) is 5.52. The van der Waals surface area contributed by atoms with Crippen LogP contribution in [0, 0.1) is 11.7 Å². The minimum absolute atomic E-state index is 0.124. The lowest BCUT2D eigenvalue weighted by molar-refractivity contribution is -0.141. The first-order valence-electron chi connectivity index (χ1n) is 13.5. The van der Waals surface area contributed by atoms with Crippen molar-refractivity contribution in [3.63, 3.8) is 0 Å². The maximum absolute atomic E-state index is 15.0. The molecular weight excluding hydrogens is 483 g/mol. The highest BCUT2D eigenvalue weighted by Gasteiger charge is 2.25. The van der Waals surface area contributed by atoms with Crippen LogP contribution in [0.1, 0.15) is 61.0 Å². The molecule has 0 aliphatic carbocycles. The number of aromatic nitrogens is 1. The number of ether oxygens (including phenoxy) is 2. The van der Waals surface area contributed by atoms with Gasteiger partial charge in [-0.3, -0.25) is 9.69 Å². The Labute approximate surface area is 223 Å². The number of methoxy groups -OCH3 is 1. The Kier molecular flexibility index (Phi) is 7.93. The zero-order valence-electron chi connectivity index (χ0n) is 22.1. The third kappa shape index (κ3) is 5.83. The highest BCUT2D eigenvalue weighted by molar-refractivity contribution is 5.70. The smallest absolute Gasteiger partial charge is 0.306 e. The molecule has 7 heteroatoms. The van der Waals surface area contributed by atoms with Crippen LogP contribution in [-0.2, 0) is 24.2 Å². The predicted octanol–water partition coefficient (Wildman–Crippen LogP) is 6.21. The lowest BCUT2D eigenvalue weighted by Gasteiger charge is -2.30. The highest BCUT2D eigenvalue weighted by Crippen LogP contribution is 2.38. The van der Waals surface area contributed by atoms with Crippen molar-refractivity contribution in [1.29, 1.82) is 0 Å². The number of aliphatic carboxylic acids is 1. The summed E-state index contributed by atoms with van der Waals surface area (Å²) in [6.45, 7) is 4.54. The van der Waals surface area contributed by atoms with Crippen molar-refractivity contribution < 1.29 is 23.8 Å².